The van der Waals surface area contributed by atoms with Crippen LogP contribution in [0.15, 0.2) is 65.9 Å². The summed E-state index contributed by atoms with van der Waals surface area (Å²) in [6.45, 7) is 7.56. The van der Waals surface area contributed by atoms with E-state index in [9.17, 15) is 18.8 Å². The van der Waals surface area contributed by atoms with Crippen molar-refractivity contribution in [3.63, 3.8) is 0 Å². The fourth-order valence-corrected chi connectivity index (χ4v) is 4.99. The van der Waals surface area contributed by atoms with Gasteiger partial charge < -0.3 is 19.4 Å². The molecule has 2 heterocycles. The minimum absolute atomic E-state index is 0.0137. The second kappa shape index (κ2) is 18.1. The molecule has 0 unspecified atom stereocenters. The first-order valence-corrected chi connectivity index (χ1v) is 16.2. The topological polar surface area (TPSA) is 140 Å². The lowest BCUT2D eigenvalue weighted by Gasteiger charge is -2.21. The fourth-order valence-electron chi connectivity index (χ4n) is 4.99. The Kier molecular flexibility index (Phi) is 13.4. The number of pyridine rings is 1. The summed E-state index contributed by atoms with van der Waals surface area (Å²) in [7, 11) is 0. The fraction of sp³-hybridized carbons (Fsp3) is 0.371. The number of hydrogen-bond donors (Lipinski definition) is 2. The molecule has 2 N–H and O–H groups in total. The van der Waals surface area contributed by atoms with Crippen LogP contribution in [0.3, 0.4) is 0 Å². The largest absolute Gasteiger partial charge is 0.466 e. The third-order valence-corrected chi connectivity index (χ3v) is 7.43. The number of hydrazone groups is 1. The Labute approximate surface area is 279 Å². The summed E-state index contributed by atoms with van der Waals surface area (Å²) in [5.41, 5.74) is 5.89. The van der Waals surface area contributed by atoms with Crippen molar-refractivity contribution < 1.29 is 28.2 Å². The van der Waals surface area contributed by atoms with Crippen LogP contribution in [-0.4, -0.2) is 58.5 Å². The molecule has 0 aliphatic heterocycles. The van der Waals surface area contributed by atoms with Gasteiger partial charge in [-0.2, -0.15) is 5.10 Å². The number of rotatable bonds is 17. The number of ether oxygens (including phenoxy) is 2. The molecule has 12 nitrogen and oxygen atoms in total. The third kappa shape index (κ3) is 10.1. The molecule has 2 amide bonds. The average Bonchev–Trinajstić information content (AvgIpc) is 3.45. The molecule has 0 saturated heterocycles. The van der Waals surface area contributed by atoms with Crippen molar-refractivity contribution in [1.82, 2.24) is 20.0 Å². The highest BCUT2D eigenvalue weighted by Gasteiger charge is 2.22. The number of aryl methyl sites for hydroxylation is 1. The van der Waals surface area contributed by atoms with Crippen molar-refractivity contribution in [1.29, 1.82) is 0 Å². The zero-order valence-electron chi connectivity index (χ0n) is 27.6. The standard InChI is InChI=1S/C35H42FN7O5/c1-4-7-8-9-20-48-35(46)41-39-22-25-10-14-28(15-11-25)37-24-32-40-29-21-26(12-16-30(29)42(32)5-2)34(45)43(19-18-33(44)47-6-3)31-17-13-27(36)23-38-31/h10-17,21-23,37H,4-9,18-20,24H2,1-3H3,(H,41,46). The Morgan fingerprint density at radius 2 is 1.81 bits per heavy atom. The lowest BCUT2D eigenvalue weighted by molar-refractivity contribution is -0.142. The van der Waals surface area contributed by atoms with E-state index < -0.39 is 23.8 Å². The van der Waals surface area contributed by atoms with Crippen LogP contribution in [0.25, 0.3) is 11.0 Å². The molecule has 0 aliphatic carbocycles. The van der Waals surface area contributed by atoms with Gasteiger partial charge in [0.25, 0.3) is 5.91 Å². The van der Waals surface area contributed by atoms with Crippen LogP contribution in [0.5, 0.6) is 0 Å². The van der Waals surface area contributed by atoms with Gasteiger partial charge in [-0.3, -0.25) is 14.5 Å². The number of halogens is 1. The number of nitrogens with one attached hydrogen (secondary N) is 2. The number of aromatic nitrogens is 3. The van der Waals surface area contributed by atoms with Crippen molar-refractivity contribution in [2.24, 2.45) is 5.10 Å². The molecule has 2 aromatic carbocycles. The van der Waals surface area contributed by atoms with Crippen LogP contribution in [0.2, 0.25) is 0 Å². The van der Waals surface area contributed by atoms with E-state index in [0.717, 1.165) is 54.5 Å². The molecule has 0 bridgehead atoms. The molecule has 4 aromatic rings. The van der Waals surface area contributed by atoms with Gasteiger partial charge in [0.05, 0.1) is 49.6 Å². The van der Waals surface area contributed by atoms with Gasteiger partial charge in [0, 0.05) is 24.3 Å². The molecule has 0 saturated carbocycles. The maximum absolute atomic E-state index is 13.7. The number of anilines is 2. The first kappa shape index (κ1) is 35.5. The maximum atomic E-state index is 13.7. The molecule has 254 valence electrons. The summed E-state index contributed by atoms with van der Waals surface area (Å²) >= 11 is 0. The second-order valence-corrected chi connectivity index (χ2v) is 10.9. The summed E-state index contributed by atoms with van der Waals surface area (Å²) in [5.74, 6) is -0.381. The van der Waals surface area contributed by atoms with E-state index in [0.29, 0.717) is 30.8 Å². The molecular formula is C35H42FN7O5. The molecule has 48 heavy (non-hydrogen) atoms. The number of hydrogen-bond acceptors (Lipinski definition) is 9. The number of esters is 1. The molecule has 0 aliphatic rings. The predicted molar refractivity (Wildman–Crippen MR) is 183 cm³/mol. The molecule has 13 heteroatoms. The highest BCUT2D eigenvalue weighted by Crippen LogP contribution is 2.22. The minimum Gasteiger partial charge on any atom is -0.466 e. The van der Waals surface area contributed by atoms with Crippen LogP contribution in [0.4, 0.5) is 20.7 Å². The molecule has 0 atom stereocenters. The number of amides is 2. The summed E-state index contributed by atoms with van der Waals surface area (Å²) < 4.78 is 25.8. The number of fused-ring (bicyclic) bond motifs is 1. The van der Waals surface area contributed by atoms with Crippen LogP contribution in [-0.2, 0) is 27.4 Å². The molecule has 2 aromatic heterocycles. The monoisotopic (exact) mass is 659 g/mol. The Balaban J connectivity index is 1.40. The molecule has 0 radical (unpaired) electrons. The number of carbonyl (C=O) groups excluding carboxylic acids is 3. The van der Waals surface area contributed by atoms with E-state index in [4.69, 9.17) is 14.5 Å². The number of carbonyl (C=O) groups is 3. The SMILES string of the molecule is CCCCCCOC(=O)NN=Cc1ccc(NCc2nc3cc(C(=O)N(CCC(=O)OCC)c4ccc(F)cn4)ccc3n2CC)cc1. The van der Waals surface area contributed by atoms with Crippen LogP contribution >= 0.6 is 0 Å². The molecule has 0 fully saturated rings. The predicted octanol–water partition coefficient (Wildman–Crippen LogP) is 6.44. The highest BCUT2D eigenvalue weighted by molar-refractivity contribution is 6.07. The summed E-state index contributed by atoms with van der Waals surface area (Å²) in [6, 6.07) is 15.4. The van der Waals surface area contributed by atoms with Gasteiger partial charge in [-0.05, 0) is 68.3 Å². The Bertz CT molecular complexity index is 1690. The average molecular weight is 660 g/mol. The summed E-state index contributed by atoms with van der Waals surface area (Å²) in [6.07, 6.45) is 6.06. The summed E-state index contributed by atoms with van der Waals surface area (Å²) in [4.78, 5) is 47.7. The van der Waals surface area contributed by atoms with Gasteiger partial charge in [-0.25, -0.2) is 24.6 Å². The van der Waals surface area contributed by atoms with E-state index in [1.165, 1.54) is 17.0 Å². The van der Waals surface area contributed by atoms with Crippen molar-refractivity contribution in [3.05, 3.63) is 83.6 Å². The van der Waals surface area contributed by atoms with E-state index in [2.05, 4.69) is 32.3 Å². The van der Waals surface area contributed by atoms with Crippen LogP contribution < -0.4 is 15.6 Å². The van der Waals surface area contributed by atoms with Crippen LogP contribution in [0, 0.1) is 5.82 Å². The normalized spacial score (nSPS) is 11.1. The number of imidazole rings is 1. The lowest BCUT2D eigenvalue weighted by atomic mass is 10.1. The van der Waals surface area contributed by atoms with Gasteiger partial charge in [0.15, 0.2) is 0 Å². The first-order chi connectivity index (χ1) is 23.3. The zero-order valence-corrected chi connectivity index (χ0v) is 27.6. The first-order valence-electron chi connectivity index (χ1n) is 16.2. The van der Waals surface area contributed by atoms with E-state index in [1.54, 1.807) is 25.3 Å². The molecule has 4 rings (SSSR count). The van der Waals surface area contributed by atoms with Gasteiger partial charge >= 0.3 is 12.1 Å². The van der Waals surface area contributed by atoms with E-state index in [-0.39, 0.29) is 25.4 Å². The molecule has 0 spiro atoms. The van der Waals surface area contributed by atoms with Crippen LogP contribution in [0.1, 0.15) is 74.6 Å². The van der Waals surface area contributed by atoms with E-state index >= 15 is 0 Å². The maximum Gasteiger partial charge on any atom is 0.427 e. The third-order valence-electron chi connectivity index (χ3n) is 7.43. The molecular weight excluding hydrogens is 617 g/mol. The van der Waals surface area contributed by atoms with Crippen molar-refractivity contribution in [2.75, 3.05) is 30.0 Å². The number of benzene rings is 2. The van der Waals surface area contributed by atoms with Crippen molar-refractivity contribution in [3.8, 4) is 0 Å². The number of unbranched alkanes of at least 4 members (excludes halogenated alkanes) is 3. The van der Waals surface area contributed by atoms with Gasteiger partial charge in [0.2, 0.25) is 0 Å². The van der Waals surface area contributed by atoms with Gasteiger partial charge in [0.1, 0.15) is 17.5 Å². The quantitative estimate of drug-likeness (QED) is 0.0571. The minimum atomic E-state index is -0.576. The van der Waals surface area contributed by atoms with E-state index in [1.807, 2.05) is 37.3 Å². The zero-order chi connectivity index (χ0) is 34.3. The Hall–Kier alpha value is -5.33. The lowest BCUT2D eigenvalue weighted by Crippen LogP contribution is -2.34. The van der Waals surface area contributed by atoms with Crippen molar-refractivity contribution in [2.45, 2.75) is 66.0 Å². The number of nitrogens with zero attached hydrogens (tertiary/aromatic N) is 5. The highest BCUT2D eigenvalue weighted by atomic mass is 19.1. The Morgan fingerprint density at radius 3 is 2.52 bits per heavy atom. The van der Waals surface area contributed by atoms with Crippen molar-refractivity contribution >= 4 is 46.7 Å². The summed E-state index contributed by atoms with van der Waals surface area (Å²) in [5, 5.41) is 7.33. The second-order valence-electron chi connectivity index (χ2n) is 10.9. The van der Waals surface area contributed by atoms with Gasteiger partial charge in [-0.15, -0.1) is 0 Å². The smallest absolute Gasteiger partial charge is 0.427 e. The Morgan fingerprint density at radius 1 is 1.00 bits per heavy atom. The van der Waals surface area contributed by atoms with Gasteiger partial charge in [-0.1, -0.05) is 38.3 Å².